The zero-order valence-corrected chi connectivity index (χ0v) is 20.5. The third-order valence-electron chi connectivity index (χ3n) is 4.65. The Morgan fingerprint density at radius 2 is 1.74 bits per heavy atom. The van der Waals surface area contributed by atoms with Crippen molar-refractivity contribution in [3.05, 3.63) is 74.5 Å². The Kier molecular flexibility index (Phi) is 8.28. The lowest BCUT2D eigenvalue weighted by Crippen LogP contribution is -2.31. The fourth-order valence-electron chi connectivity index (χ4n) is 3.09. The van der Waals surface area contributed by atoms with Crippen molar-refractivity contribution in [3.63, 3.8) is 0 Å². The molecule has 0 saturated carbocycles. The molecule has 0 aliphatic rings. The van der Waals surface area contributed by atoms with Crippen molar-refractivity contribution in [1.29, 1.82) is 0 Å². The molecule has 2 aromatic carbocycles. The molecular formula is C22H23Cl3N4OS. The lowest BCUT2D eigenvalue weighted by atomic mass is 10.0. The summed E-state index contributed by atoms with van der Waals surface area (Å²) in [5.41, 5.74) is 1.52. The predicted octanol–water partition coefficient (Wildman–Crippen LogP) is 6.58. The molecule has 5 nitrogen and oxygen atoms in total. The highest BCUT2D eigenvalue weighted by Crippen LogP contribution is 2.27. The SMILES string of the molecule is CC(C)CC(NC(=O)c1ccc(Cl)cc1Cl)c1nnc(SCc2ccc(Cl)cc2)n1C. The molecule has 3 rings (SSSR count). The Bertz CT molecular complexity index is 1050. The molecule has 0 fully saturated rings. The fraction of sp³-hybridized carbons (Fsp3) is 0.318. The number of hydrogen-bond donors (Lipinski definition) is 1. The van der Waals surface area contributed by atoms with Crippen molar-refractivity contribution < 1.29 is 4.79 Å². The van der Waals surface area contributed by atoms with Gasteiger partial charge in [0.2, 0.25) is 0 Å². The number of aromatic nitrogens is 3. The average Bonchev–Trinajstić information content (AvgIpc) is 3.07. The van der Waals surface area contributed by atoms with Gasteiger partial charge in [-0.05, 0) is 48.2 Å². The maximum Gasteiger partial charge on any atom is 0.253 e. The number of carbonyl (C=O) groups excluding carboxylic acids is 1. The highest BCUT2D eigenvalue weighted by Gasteiger charge is 2.24. The van der Waals surface area contributed by atoms with Crippen molar-refractivity contribution in [1.82, 2.24) is 20.1 Å². The van der Waals surface area contributed by atoms with Crippen LogP contribution in [0.1, 0.15) is 48.1 Å². The molecule has 164 valence electrons. The van der Waals surface area contributed by atoms with Crippen molar-refractivity contribution in [2.75, 3.05) is 0 Å². The molecule has 1 heterocycles. The van der Waals surface area contributed by atoms with Crippen LogP contribution in [0.4, 0.5) is 0 Å². The first kappa shape index (κ1) is 23.9. The van der Waals surface area contributed by atoms with Gasteiger partial charge in [-0.2, -0.15) is 0 Å². The number of nitrogens with zero attached hydrogens (tertiary/aromatic N) is 3. The standard InChI is InChI=1S/C22H23Cl3N4OS/c1-13(2)10-19(26-21(30)17-9-8-16(24)11-18(17)25)20-27-28-22(29(20)3)31-12-14-4-6-15(23)7-5-14/h4-9,11,13,19H,10,12H2,1-3H3,(H,26,30). The third-order valence-corrected chi connectivity index (χ3v) is 6.54. The zero-order valence-electron chi connectivity index (χ0n) is 17.4. The minimum absolute atomic E-state index is 0.273. The number of halogens is 3. The van der Waals surface area contributed by atoms with Gasteiger partial charge in [0.25, 0.3) is 5.91 Å². The summed E-state index contributed by atoms with van der Waals surface area (Å²) >= 11 is 19.7. The van der Waals surface area contributed by atoms with E-state index in [0.29, 0.717) is 38.8 Å². The second-order valence-corrected chi connectivity index (χ2v) is 9.82. The van der Waals surface area contributed by atoms with Gasteiger partial charge in [0.05, 0.1) is 16.6 Å². The highest BCUT2D eigenvalue weighted by atomic mass is 35.5. The molecule has 3 aromatic rings. The van der Waals surface area contributed by atoms with E-state index in [4.69, 9.17) is 34.8 Å². The molecule has 0 aliphatic carbocycles. The van der Waals surface area contributed by atoms with E-state index in [1.807, 2.05) is 35.9 Å². The summed E-state index contributed by atoms with van der Waals surface area (Å²) in [5.74, 6) is 1.51. The van der Waals surface area contributed by atoms with Crippen molar-refractivity contribution in [3.8, 4) is 0 Å². The molecule has 1 unspecified atom stereocenters. The van der Waals surface area contributed by atoms with Gasteiger partial charge in [-0.3, -0.25) is 4.79 Å². The summed E-state index contributed by atoms with van der Waals surface area (Å²) in [6.45, 7) is 4.20. The summed E-state index contributed by atoms with van der Waals surface area (Å²) in [4.78, 5) is 12.9. The Hall–Kier alpha value is -1.73. The van der Waals surface area contributed by atoms with Gasteiger partial charge in [0.1, 0.15) is 0 Å². The van der Waals surface area contributed by atoms with E-state index in [0.717, 1.165) is 16.5 Å². The molecule has 1 N–H and O–H groups in total. The molecular weight excluding hydrogens is 475 g/mol. The average molecular weight is 498 g/mol. The number of carbonyl (C=O) groups is 1. The maximum absolute atomic E-state index is 12.9. The largest absolute Gasteiger partial charge is 0.342 e. The summed E-state index contributed by atoms with van der Waals surface area (Å²) in [6.07, 6.45) is 0.713. The van der Waals surface area contributed by atoms with Crippen LogP contribution in [-0.2, 0) is 12.8 Å². The molecule has 0 radical (unpaired) electrons. The van der Waals surface area contributed by atoms with Gasteiger partial charge < -0.3 is 9.88 Å². The van der Waals surface area contributed by atoms with Crippen LogP contribution in [0.3, 0.4) is 0 Å². The molecule has 0 bridgehead atoms. The number of nitrogens with one attached hydrogen (secondary N) is 1. The van der Waals surface area contributed by atoms with Crippen molar-refractivity contribution in [2.24, 2.45) is 13.0 Å². The number of hydrogen-bond acceptors (Lipinski definition) is 4. The number of benzene rings is 2. The van der Waals surface area contributed by atoms with E-state index < -0.39 is 0 Å². The van der Waals surface area contributed by atoms with E-state index in [9.17, 15) is 4.79 Å². The zero-order chi connectivity index (χ0) is 22.5. The summed E-state index contributed by atoms with van der Waals surface area (Å²) < 4.78 is 1.93. The molecule has 0 saturated heterocycles. The van der Waals surface area contributed by atoms with E-state index in [1.165, 1.54) is 0 Å². The normalized spacial score (nSPS) is 12.2. The third kappa shape index (κ3) is 6.39. The first-order valence-corrected chi connectivity index (χ1v) is 11.9. The molecule has 1 amide bonds. The molecule has 1 atom stereocenters. The lowest BCUT2D eigenvalue weighted by molar-refractivity contribution is 0.0929. The van der Waals surface area contributed by atoms with E-state index in [2.05, 4.69) is 29.4 Å². The summed E-state index contributed by atoms with van der Waals surface area (Å²) in [7, 11) is 1.91. The van der Waals surface area contributed by atoms with Crippen LogP contribution >= 0.6 is 46.6 Å². The van der Waals surface area contributed by atoms with E-state index in [-0.39, 0.29) is 11.9 Å². The number of thioether (sulfide) groups is 1. The van der Waals surface area contributed by atoms with Gasteiger partial charge in [0, 0.05) is 22.8 Å². The second-order valence-electron chi connectivity index (χ2n) is 7.59. The predicted molar refractivity (Wildman–Crippen MR) is 128 cm³/mol. The number of rotatable bonds is 8. The number of amides is 1. The van der Waals surface area contributed by atoms with E-state index >= 15 is 0 Å². The Labute approximate surface area is 201 Å². The van der Waals surface area contributed by atoms with Gasteiger partial charge in [0.15, 0.2) is 11.0 Å². The fourth-order valence-corrected chi connectivity index (χ4v) is 4.59. The molecule has 0 spiro atoms. The van der Waals surface area contributed by atoms with Gasteiger partial charge in [-0.15, -0.1) is 10.2 Å². The Morgan fingerprint density at radius 3 is 2.39 bits per heavy atom. The Morgan fingerprint density at radius 1 is 1.06 bits per heavy atom. The van der Waals surface area contributed by atoms with Crippen molar-refractivity contribution >= 4 is 52.5 Å². The Balaban J connectivity index is 1.77. The molecule has 1 aromatic heterocycles. The minimum atomic E-state index is -0.304. The summed E-state index contributed by atoms with van der Waals surface area (Å²) in [6, 6.07) is 12.2. The molecule has 0 aliphatic heterocycles. The van der Waals surface area contributed by atoms with Gasteiger partial charge in [-0.1, -0.05) is 72.5 Å². The van der Waals surface area contributed by atoms with Crippen LogP contribution in [-0.4, -0.2) is 20.7 Å². The lowest BCUT2D eigenvalue weighted by Gasteiger charge is -2.20. The monoisotopic (exact) mass is 496 g/mol. The smallest absolute Gasteiger partial charge is 0.253 e. The van der Waals surface area contributed by atoms with Crippen LogP contribution in [0.25, 0.3) is 0 Å². The first-order valence-electron chi connectivity index (χ1n) is 9.77. The topological polar surface area (TPSA) is 59.8 Å². The van der Waals surface area contributed by atoms with Crippen LogP contribution < -0.4 is 5.32 Å². The first-order chi connectivity index (χ1) is 14.7. The highest BCUT2D eigenvalue weighted by molar-refractivity contribution is 7.98. The minimum Gasteiger partial charge on any atom is -0.342 e. The van der Waals surface area contributed by atoms with Crippen molar-refractivity contribution in [2.45, 2.75) is 37.2 Å². The van der Waals surface area contributed by atoms with Crippen LogP contribution in [0, 0.1) is 5.92 Å². The quantitative estimate of drug-likeness (QED) is 0.357. The van der Waals surface area contributed by atoms with Crippen LogP contribution in [0.15, 0.2) is 47.6 Å². The van der Waals surface area contributed by atoms with Crippen LogP contribution in [0.5, 0.6) is 0 Å². The van der Waals surface area contributed by atoms with Gasteiger partial charge >= 0.3 is 0 Å². The van der Waals surface area contributed by atoms with Gasteiger partial charge in [-0.25, -0.2) is 0 Å². The summed E-state index contributed by atoms with van der Waals surface area (Å²) in [5, 5.41) is 14.1. The second kappa shape index (κ2) is 10.7. The molecule has 9 heteroatoms. The maximum atomic E-state index is 12.9. The van der Waals surface area contributed by atoms with E-state index in [1.54, 1.807) is 30.0 Å². The molecule has 31 heavy (non-hydrogen) atoms. The van der Waals surface area contributed by atoms with Crippen LogP contribution in [0.2, 0.25) is 15.1 Å².